The molecule has 2 bridgehead atoms. The minimum atomic E-state index is -0.577. The van der Waals surface area contributed by atoms with Gasteiger partial charge in [-0.1, -0.05) is 32.9 Å². The minimum Gasteiger partial charge on any atom is -0.497 e. The molecule has 3 rings (SSSR count). The Morgan fingerprint density at radius 3 is 2.54 bits per heavy atom. The molecule has 1 N–H and O–H groups in total. The molecule has 2 saturated carbocycles. The number of rotatable bonds is 6. The van der Waals surface area contributed by atoms with Crippen molar-refractivity contribution in [3.63, 3.8) is 0 Å². The van der Waals surface area contributed by atoms with Crippen molar-refractivity contribution in [1.29, 1.82) is 0 Å². The standard InChI is InChI=1S/C22H28N2O4/c1-21(2)16-11-12-22(21,3)18(13-16)23-24-19(25)14-28-20(26)10-7-15-5-8-17(27-4)9-6-15/h5-10,16H,11-14H2,1-4H3,(H,24,25). The number of hydrogen-bond donors (Lipinski definition) is 1. The fraction of sp³-hybridized carbons (Fsp3) is 0.500. The minimum absolute atomic E-state index is 0.0305. The first-order chi connectivity index (χ1) is 13.3. The highest BCUT2D eigenvalue weighted by molar-refractivity contribution is 5.95. The maximum atomic E-state index is 12.0. The van der Waals surface area contributed by atoms with Gasteiger partial charge in [-0.25, -0.2) is 10.2 Å². The van der Waals surface area contributed by atoms with Gasteiger partial charge in [0.1, 0.15) is 5.75 Å². The number of hydrazone groups is 1. The van der Waals surface area contributed by atoms with Crippen molar-refractivity contribution < 1.29 is 19.1 Å². The molecule has 2 unspecified atom stereocenters. The monoisotopic (exact) mass is 384 g/mol. The van der Waals surface area contributed by atoms with Crippen LogP contribution in [0.4, 0.5) is 0 Å². The van der Waals surface area contributed by atoms with E-state index in [1.807, 2.05) is 12.1 Å². The van der Waals surface area contributed by atoms with E-state index in [9.17, 15) is 9.59 Å². The normalized spacial score (nSPS) is 26.6. The molecule has 0 aromatic heterocycles. The number of fused-ring (bicyclic) bond motifs is 2. The van der Waals surface area contributed by atoms with Gasteiger partial charge in [0.2, 0.25) is 0 Å². The lowest BCUT2D eigenvalue weighted by Crippen LogP contribution is -2.34. The molecule has 1 aromatic rings. The Balaban J connectivity index is 1.47. The number of carbonyl (C=O) groups is 2. The zero-order chi connectivity index (χ0) is 20.4. The van der Waals surface area contributed by atoms with E-state index in [-0.39, 0.29) is 17.4 Å². The van der Waals surface area contributed by atoms with Gasteiger partial charge in [-0.2, -0.15) is 5.10 Å². The number of benzene rings is 1. The Morgan fingerprint density at radius 2 is 1.96 bits per heavy atom. The largest absolute Gasteiger partial charge is 0.497 e. The van der Waals surface area contributed by atoms with E-state index in [0.29, 0.717) is 5.92 Å². The second kappa shape index (κ2) is 7.78. The molecule has 2 fully saturated rings. The van der Waals surface area contributed by atoms with Crippen LogP contribution in [-0.4, -0.2) is 31.3 Å². The molecule has 150 valence electrons. The van der Waals surface area contributed by atoms with E-state index in [1.54, 1.807) is 25.3 Å². The van der Waals surface area contributed by atoms with Gasteiger partial charge in [-0.05, 0) is 54.4 Å². The fourth-order valence-corrected chi connectivity index (χ4v) is 4.32. The zero-order valence-electron chi connectivity index (χ0n) is 17.0. The second-order valence-electron chi connectivity index (χ2n) is 8.30. The third-order valence-electron chi connectivity index (χ3n) is 6.70. The average molecular weight is 384 g/mol. The molecule has 1 aromatic carbocycles. The molecule has 0 spiro atoms. The van der Waals surface area contributed by atoms with E-state index < -0.39 is 11.9 Å². The van der Waals surface area contributed by atoms with Crippen LogP contribution in [0.3, 0.4) is 0 Å². The SMILES string of the molecule is COc1ccc(C=CC(=O)OCC(=O)NN=C2CC3CCC2(C)C3(C)C)cc1. The summed E-state index contributed by atoms with van der Waals surface area (Å²) in [6.07, 6.45) is 6.16. The summed E-state index contributed by atoms with van der Waals surface area (Å²) in [5.41, 5.74) is 4.67. The number of hydrogen-bond acceptors (Lipinski definition) is 5. The first kappa shape index (κ1) is 20.1. The summed E-state index contributed by atoms with van der Waals surface area (Å²) in [7, 11) is 1.59. The summed E-state index contributed by atoms with van der Waals surface area (Å²) in [6.45, 7) is 6.44. The summed E-state index contributed by atoms with van der Waals surface area (Å²) in [6, 6.07) is 7.25. The Labute approximate surface area is 166 Å². The lowest BCUT2D eigenvalue weighted by atomic mass is 9.70. The van der Waals surface area contributed by atoms with Gasteiger partial charge in [0.25, 0.3) is 5.91 Å². The highest BCUT2D eigenvalue weighted by atomic mass is 16.5. The van der Waals surface area contributed by atoms with Crippen molar-refractivity contribution in [1.82, 2.24) is 5.43 Å². The van der Waals surface area contributed by atoms with Crippen LogP contribution in [0.15, 0.2) is 35.4 Å². The van der Waals surface area contributed by atoms with Crippen LogP contribution in [-0.2, 0) is 14.3 Å². The number of amides is 1. The van der Waals surface area contributed by atoms with E-state index in [2.05, 4.69) is 31.3 Å². The second-order valence-corrected chi connectivity index (χ2v) is 8.30. The fourth-order valence-electron chi connectivity index (χ4n) is 4.32. The van der Waals surface area contributed by atoms with Gasteiger partial charge in [0.05, 0.1) is 7.11 Å². The Kier molecular flexibility index (Phi) is 5.59. The molecular formula is C22H28N2O4. The highest BCUT2D eigenvalue weighted by Crippen LogP contribution is 2.63. The summed E-state index contributed by atoms with van der Waals surface area (Å²) < 4.78 is 10.1. The number of carbonyl (C=O) groups excluding carboxylic acids is 2. The lowest BCUT2D eigenvalue weighted by Gasteiger charge is -2.34. The number of nitrogens with one attached hydrogen (secondary N) is 1. The maximum absolute atomic E-state index is 12.0. The summed E-state index contributed by atoms with van der Waals surface area (Å²) in [5.74, 6) is 0.356. The van der Waals surface area contributed by atoms with Gasteiger partial charge in [-0.3, -0.25) is 4.79 Å². The van der Waals surface area contributed by atoms with Crippen LogP contribution < -0.4 is 10.2 Å². The van der Waals surface area contributed by atoms with Gasteiger partial charge in [-0.15, -0.1) is 0 Å². The van der Waals surface area contributed by atoms with Crippen molar-refractivity contribution >= 4 is 23.7 Å². The van der Waals surface area contributed by atoms with E-state index >= 15 is 0 Å². The van der Waals surface area contributed by atoms with Gasteiger partial charge >= 0.3 is 5.97 Å². The van der Waals surface area contributed by atoms with Crippen LogP contribution in [0.5, 0.6) is 5.75 Å². The van der Waals surface area contributed by atoms with Crippen LogP contribution in [0.1, 0.15) is 45.6 Å². The number of nitrogens with zero attached hydrogens (tertiary/aromatic N) is 1. The average Bonchev–Trinajstić information content (AvgIpc) is 3.02. The van der Waals surface area contributed by atoms with Gasteiger partial charge in [0, 0.05) is 17.2 Å². The van der Waals surface area contributed by atoms with Crippen LogP contribution in [0.25, 0.3) is 6.08 Å². The highest BCUT2D eigenvalue weighted by Gasteiger charge is 2.59. The number of methoxy groups -OCH3 is 1. The van der Waals surface area contributed by atoms with Crippen LogP contribution >= 0.6 is 0 Å². The molecule has 2 aliphatic carbocycles. The van der Waals surface area contributed by atoms with E-state index in [0.717, 1.165) is 29.9 Å². The molecule has 0 heterocycles. The summed E-state index contributed by atoms with van der Waals surface area (Å²) in [4.78, 5) is 23.8. The molecule has 0 aliphatic heterocycles. The molecular weight excluding hydrogens is 356 g/mol. The topological polar surface area (TPSA) is 77.0 Å². The van der Waals surface area contributed by atoms with Crippen LogP contribution in [0, 0.1) is 16.7 Å². The first-order valence-electron chi connectivity index (χ1n) is 9.61. The van der Waals surface area contributed by atoms with Crippen molar-refractivity contribution in [2.45, 2.75) is 40.0 Å². The predicted octanol–water partition coefficient (Wildman–Crippen LogP) is 3.57. The lowest BCUT2D eigenvalue weighted by molar-refractivity contribution is -0.143. The molecule has 28 heavy (non-hydrogen) atoms. The molecule has 0 radical (unpaired) electrons. The first-order valence-corrected chi connectivity index (χ1v) is 9.61. The van der Waals surface area contributed by atoms with E-state index in [1.165, 1.54) is 12.5 Å². The third kappa shape index (κ3) is 3.81. The van der Waals surface area contributed by atoms with Crippen molar-refractivity contribution in [3.8, 4) is 5.75 Å². The molecule has 2 aliphatic rings. The van der Waals surface area contributed by atoms with Gasteiger partial charge in [0.15, 0.2) is 6.61 Å². The predicted molar refractivity (Wildman–Crippen MR) is 108 cm³/mol. The number of esters is 1. The Hall–Kier alpha value is -2.63. The Morgan fingerprint density at radius 1 is 1.25 bits per heavy atom. The summed E-state index contributed by atoms with van der Waals surface area (Å²) >= 11 is 0. The van der Waals surface area contributed by atoms with Gasteiger partial charge < -0.3 is 9.47 Å². The molecule has 0 saturated heterocycles. The molecule has 6 heteroatoms. The maximum Gasteiger partial charge on any atom is 0.331 e. The molecule has 6 nitrogen and oxygen atoms in total. The van der Waals surface area contributed by atoms with Crippen molar-refractivity contribution in [3.05, 3.63) is 35.9 Å². The van der Waals surface area contributed by atoms with Crippen LogP contribution in [0.2, 0.25) is 0 Å². The van der Waals surface area contributed by atoms with Crippen molar-refractivity contribution in [2.75, 3.05) is 13.7 Å². The van der Waals surface area contributed by atoms with Crippen molar-refractivity contribution in [2.24, 2.45) is 21.8 Å². The quantitative estimate of drug-likeness (QED) is 0.462. The Bertz CT molecular complexity index is 810. The zero-order valence-corrected chi connectivity index (χ0v) is 17.0. The van der Waals surface area contributed by atoms with E-state index in [4.69, 9.17) is 9.47 Å². The number of ether oxygens (including phenoxy) is 2. The molecule has 2 atom stereocenters. The third-order valence-corrected chi connectivity index (χ3v) is 6.70. The molecule has 1 amide bonds. The summed E-state index contributed by atoms with van der Waals surface area (Å²) in [5, 5.41) is 4.36. The smallest absolute Gasteiger partial charge is 0.331 e.